The number of benzene rings is 2. The number of hydrogen-bond donors (Lipinski definition) is 1. The van der Waals surface area contributed by atoms with Gasteiger partial charge in [-0.15, -0.1) is 0 Å². The molecule has 4 nitrogen and oxygen atoms in total. The molecular formula is C21H21F3N2O2. The van der Waals surface area contributed by atoms with Crippen molar-refractivity contribution in [3.8, 4) is 0 Å². The normalized spacial score (nSPS) is 16.9. The Morgan fingerprint density at radius 3 is 2.50 bits per heavy atom. The summed E-state index contributed by atoms with van der Waals surface area (Å²) in [6.45, 7) is 2.20. The number of likely N-dealkylation sites (tertiary alicyclic amines) is 1. The van der Waals surface area contributed by atoms with Gasteiger partial charge in [0.25, 0.3) is 0 Å². The van der Waals surface area contributed by atoms with Gasteiger partial charge in [0.2, 0.25) is 0 Å². The molecule has 2 aromatic rings. The van der Waals surface area contributed by atoms with Crippen molar-refractivity contribution < 1.29 is 22.8 Å². The predicted molar refractivity (Wildman–Crippen MR) is 98.3 cm³/mol. The summed E-state index contributed by atoms with van der Waals surface area (Å²) in [5.41, 5.74) is 1.85. The fourth-order valence-corrected chi connectivity index (χ4v) is 3.53. The van der Waals surface area contributed by atoms with Gasteiger partial charge < -0.3 is 10.2 Å². The second kappa shape index (κ2) is 8.46. The van der Waals surface area contributed by atoms with E-state index in [1.54, 1.807) is 17.9 Å². The first-order valence-electron chi connectivity index (χ1n) is 9.10. The van der Waals surface area contributed by atoms with Crippen LogP contribution in [0.15, 0.2) is 36.4 Å². The van der Waals surface area contributed by atoms with Crippen molar-refractivity contribution in [2.24, 2.45) is 0 Å². The number of nitrogens with zero attached hydrogens (tertiary/aromatic N) is 1. The quantitative estimate of drug-likeness (QED) is 0.856. The summed E-state index contributed by atoms with van der Waals surface area (Å²) < 4.78 is 39.9. The molecule has 0 saturated carbocycles. The lowest BCUT2D eigenvalue weighted by molar-refractivity contribution is -0.122. The largest absolute Gasteiger partial charge is 0.338 e. The van der Waals surface area contributed by atoms with Crippen LogP contribution >= 0.6 is 0 Å². The molecule has 3 rings (SSSR count). The van der Waals surface area contributed by atoms with Crippen LogP contribution in [-0.4, -0.2) is 29.8 Å². The summed E-state index contributed by atoms with van der Waals surface area (Å²) in [7, 11) is 0. The Kier molecular flexibility index (Phi) is 6.02. The number of carbonyl (C=O) groups is 2. The molecule has 1 saturated heterocycles. The Hall–Kier alpha value is -2.83. The van der Waals surface area contributed by atoms with Gasteiger partial charge in [0.1, 0.15) is 23.2 Å². The first-order chi connectivity index (χ1) is 13.3. The number of urea groups is 1. The van der Waals surface area contributed by atoms with E-state index in [2.05, 4.69) is 5.32 Å². The number of nitrogens with one attached hydrogen (secondary N) is 1. The van der Waals surface area contributed by atoms with Gasteiger partial charge in [-0.05, 0) is 54.3 Å². The van der Waals surface area contributed by atoms with Gasteiger partial charge in [0, 0.05) is 32.0 Å². The highest BCUT2D eigenvalue weighted by Gasteiger charge is 2.32. The average molecular weight is 390 g/mol. The first kappa shape index (κ1) is 19.9. The van der Waals surface area contributed by atoms with Gasteiger partial charge in [0.05, 0.1) is 6.04 Å². The Labute approximate surface area is 161 Å². The highest BCUT2D eigenvalue weighted by atomic mass is 19.1. The lowest BCUT2D eigenvalue weighted by Crippen LogP contribution is -2.47. The van der Waals surface area contributed by atoms with Crippen molar-refractivity contribution in [1.29, 1.82) is 0 Å². The van der Waals surface area contributed by atoms with Crippen LogP contribution < -0.4 is 5.32 Å². The van der Waals surface area contributed by atoms with Gasteiger partial charge in [-0.3, -0.25) is 4.79 Å². The summed E-state index contributed by atoms with van der Waals surface area (Å²) in [5.74, 6) is -1.65. The van der Waals surface area contributed by atoms with Crippen molar-refractivity contribution in [2.75, 3.05) is 13.1 Å². The van der Waals surface area contributed by atoms with Crippen LogP contribution in [0.4, 0.5) is 18.0 Å². The van der Waals surface area contributed by atoms with E-state index in [4.69, 9.17) is 0 Å². The van der Waals surface area contributed by atoms with Crippen molar-refractivity contribution in [1.82, 2.24) is 10.2 Å². The van der Waals surface area contributed by atoms with E-state index in [-0.39, 0.29) is 50.0 Å². The molecule has 1 unspecified atom stereocenters. The van der Waals surface area contributed by atoms with Gasteiger partial charge in [0.15, 0.2) is 0 Å². The van der Waals surface area contributed by atoms with E-state index in [0.29, 0.717) is 11.1 Å². The van der Waals surface area contributed by atoms with Gasteiger partial charge in [-0.2, -0.15) is 0 Å². The molecule has 1 fully saturated rings. The molecule has 1 atom stereocenters. The molecule has 148 valence electrons. The smallest absolute Gasteiger partial charge is 0.317 e. The SMILES string of the molecule is Cc1cc(F)ccc1C1CC(=O)CCN1C(=O)NCCc1cc(F)cc(F)c1. The molecule has 0 radical (unpaired) electrons. The fourth-order valence-electron chi connectivity index (χ4n) is 3.53. The summed E-state index contributed by atoms with van der Waals surface area (Å²) in [6, 6.07) is 6.70. The zero-order valence-corrected chi connectivity index (χ0v) is 15.5. The molecule has 0 spiro atoms. The third-order valence-corrected chi connectivity index (χ3v) is 4.89. The lowest BCUT2D eigenvalue weighted by Gasteiger charge is -2.36. The molecule has 1 aliphatic heterocycles. The number of aryl methyl sites for hydroxylation is 1. The molecule has 1 aliphatic rings. The van der Waals surface area contributed by atoms with Crippen LogP contribution in [0.1, 0.15) is 35.6 Å². The minimum absolute atomic E-state index is 0.0491. The number of Topliss-reactive ketones (excluding diaryl/α,β-unsaturated/α-hetero) is 1. The number of ketones is 1. The minimum Gasteiger partial charge on any atom is -0.338 e. The number of rotatable bonds is 4. The first-order valence-corrected chi connectivity index (χ1v) is 9.10. The fraction of sp³-hybridized carbons (Fsp3) is 0.333. The zero-order chi connectivity index (χ0) is 20.3. The predicted octanol–water partition coefficient (Wildman–Crippen LogP) is 4.07. The Morgan fingerprint density at radius 2 is 1.82 bits per heavy atom. The molecule has 28 heavy (non-hydrogen) atoms. The monoisotopic (exact) mass is 390 g/mol. The average Bonchev–Trinajstić information content (AvgIpc) is 2.60. The van der Waals surface area contributed by atoms with E-state index in [1.165, 1.54) is 24.3 Å². The molecule has 0 aromatic heterocycles. The third-order valence-electron chi connectivity index (χ3n) is 4.89. The number of amides is 2. The van der Waals surface area contributed by atoms with E-state index in [9.17, 15) is 22.8 Å². The maximum atomic E-state index is 13.4. The van der Waals surface area contributed by atoms with Gasteiger partial charge in [-0.1, -0.05) is 6.07 Å². The van der Waals surface area contributed by atoms with Crippen molar-refractivity contribution in [3.63, 3.8) is 0 Å². The Bertz CT molecular complexity index is 881. The summed E-state index contributed by atoms with van der Waals surface area (Å²) >= 11 is 0. The highest BCUT2D eigenvalue weighted by Crippen LogP contribution is 2.31. The molecule has 2 amide bonds. The summed E-state index contributed by atoms with van der Waals surface area (Å²) in [4.78, 5) is 26.2. The number of piperidine rings is 1. The number of halogens is 3. The number of hydrogen-bond acceptors (Lipinski definition) is 2. The van der Waals surface area contributed by atoms with Crippen LogP contribution in [0.5, 0.6) is 0 Å². The summed E-state index contributed by atoms with van der Waals surface area (Å²) in [5, 5.41) is 2.74. The minimum atomic E-state index is -0.664. The van der Waals surface area contributed by atoms with Crippen molar-refractivity contribution in [3.05, 3.63) is 70.5 Å². The third kappa shape index (κ3) is 4.71. The topological polar surface area (TPSA) is 49.4 Å². The lowest BCUT2D eigenvalue weighted by atomic mass is 9.92. The van der Waals surface area contributed by atoms with Gasteiger partial charge >= 0.3 is 6.03 Å². The van der Waals surface area contributed by atoms with Crippen molar-refractivity contribution in [2.45, 2.75) is 32.2 Å². The van der Waals surface area contributed by atoms with Crippen LogP contribution in [0.25, 0.3) is 0 Å². The van der Waals surface area contributed by atoms with E-state index in [0.717, 1.165) is 11.6 Å². The van der Waals surface area contributed by atoms with E-state index in [1.807, 2.05) is 0 Å². The Balaban J connectivity index is 1.68. The molecule has 0 aliphatic carbocycles. The van der Waals surface area contributed by atoms with Crippen LogP contribution in [0.3, 0.4) is 0 Å². The van der Waals surface area contributed by atoms with Crippen molar-refractivity contribution >= 4 is 11.8 Å². The highest BCUT2D eigenvalue weighted by molar-refractivity contribution is 5.84. The summed E-state index contributed by atoms with van der Waals surface area (Å²) in [6.07, 6.45) is 0.710. The molecule has 2 aromatic carbocycles. The zero-order valence-electron chi connectivity index (χ0n) is 15.5. The van der Waals surface area contributed by atoms with Gasteiger partial charge in [-0.25, -0.2) is 18.0 Å². The van der Waals surface area contributed by atoms with E-state index >= 15 is 0 Å². The second-order valence-corrected chi connectivity index (χ2v) is 6.96. The second-order valence-electron chi connectivity index (χ2n) is 6.96. The molecule has 1 N–H and O–H groups in total. The standard InChI is InChI=1S/C21H21F3N2O2/c1-13-8-15(22)2-3-19(13)20-12-18(27)5-7-26(20)21(28)25-6-4-14-9-16(23)11-17(24)10-14/h2-3,8-11,20H,4-7,12H2,1H3,(H,25,28). The molecule has 1 heterocycles. The Morgan fingerprint density at radius 1 is 1.11 bits per heavy atom. The maximum Gasteiger partial charge on any atom is 0.317 e. The van der Waals surface area contributed by atoms with Crippen LogP contribution in [0.2, 0.25) is 0 Å². The van der Waals surface area contributed by atoms with E-state index < -0.39 is 17.7 Å². The van der Waals surface area contributed by atoms with Crippen LogP contribution in [0, 0.1) is 24.4 Å². The molecular weight excluding hydrogens is 369 g/mol. The molecule has 7 heteroatoms. The van der Waals surface area contributed by atoms with Crippen LogP contribution in [-0.2, 0) is 11.2 Å². The number of carbonyl (C=O) groups excluding carboxylic acids is 2. The molecule has 0 bridgehead atoms. The maximum absolute atomic E-state index is 13.4.